The molecule has 0 saturated heterocycles. The third-order valence-electron chi connectivity index (χ3n) is 5.25. The van der Waals surface area contributed by atoms with E-state index in [0.29, 0.717) is 12.6 Å². The van der Waals surface area contributed by atoms with Gasteiger partial charge in [0.1, 0.15) is 12.5 Å². The molecule has 1 aliphatic carbocycles. The molecule has 3 rings (SSSR count). The maximum absolute atomic E-state index is 6.19. The standard InChI is InChI=1S/C20H31NO2/c1-20(2,3)17-10-15-12-21(18-8-6-5-7-9-18)14-23-19(15)16(11-17)13-22-4/h10-11,18H,5-9,12-14H2,1-4H3. The zero-order chi connectivity index (χ0) is 16.4. The molecule has 1 heterocycles. The number of ether oxygens (including phenoxy) is 2. The van der Waals surface area contributed by atoms with Crippen LogP contribution in [0.5, 0.6) is 5.75 Å². The molecule has 0 spiro atoms. The Kier molecular flexibility index (Phi) is 4.98. The zero-order valence-electron chi connectivity index (χ0n) is 15.2. The molecule has 3 nitrogen and oxygen atoms in total. The third-order valence-corrected chi connectivity index (χ3v) is 5.25. The zero-order valence-corrected chi connectivity index (χ0v) is 15.2. The van der Waals surface area contributed by atoms with E-state index in [0.717, 1.165) is 19.0 Å². The molecule has 0 bridgehead atoms. The molecule has 0 radical (unpaired) electrons. The van der Waals surface area contributed by atoms with Crippen molar-refractivity contribution in [2.75, 3.05) is 13.8 Å². The topological polar surface area (TPSA) is 21.7 Å². The van der Waals surface area contributed by atoms with Gasteiger partial charge in [-0.3, -0.25) is 4.90 Å². The SMILES string of the molecule is COCc1cc(C(C)(C)C)cc2c1OCN(C1CCCCC1)C2. The number of rotatable bonds is 3. The van der Waals surface area contributed by atoms with Gasteiger partial charge in [0.15, 0.2) is 0 Å². The fourth-order valence-electron chi connectivity index (χ4n) is 3.85. The van der Waals surface area contributed by atoms with Crippen LogP contribution in [-0.4, -0.2) is 24.8 Å². The Bertz CT molecular complexity index is 541. The number of methoxy groups -OCH3 is 1. The van der Waals surface area contributed by atoms with Gasteiger partial charge >= 0.3 is 0 Å². The van der Waals surface area contributed by atoms with Crippen molar-refractivity contribution < 1.29 is 9.47 Å². The van der Waals surface area contributed by atoms with E-state index in [1.54, 1.807) is 7.11 Å². The van der Waals surface area contributed by atoms with Crippen LogP contribution < -0.4 is 4.74 Å². The molecule has 0 unspecified atom stereocenters. The Morgan fingerprint density at radius 2 is 1.91 bits per heavy atom. The van der Waals surface area contributed by atoms with Gasteiger partial charge in [-0.1, -0.05) is 46.1 Å². The summed E-state index contributed by atoms with van der Waals surface area (Å²) in [6.45, 7) is 9.18. The lowest BCUT2D eigenvalue weighted by molar-refractivity contribution is 0.0380. The lowest BCUT2D eigenvalue weighted by Gasteiger charge is -2.38. The molecule has 2 aliphatic rings. The van der Waals surface area contributed by atoms with Gasteiger partial charge in [0.2, 0.25) is 0 Å². The quantitative estimate of drug-likeness (QED) is 0.812. The first-order chi connectivity index (χ1) is 11.0. The Morgan fingerprint density at radius 3 is 2.57 bits per heavy atom. The highest BCUT2D eigenvalue weighted by molar-refractivity contribution is 5.47. The summed E-state index contributed by atoms with van der Waals surface area (Å²) >= 11 is 0. The lowest BCUT2D eigenvalue weighted by atomic mass is 9.84. The molecule has 128 valence electrons. The fourth-order valence-corrected chi connectivity index (χ4v) is 3.85. The maximum atomic E-state index is 6.19. The van der Waals surface area contributed by atoms with Crippen molar-refractivity contribution in [1.29, 1.82) is 0 Å². The minimum absolute atomic E-state index is 0.143. The van der Waals surface area contributed by atoms with Crippen LogP contribution in [0.1, 0.15) is 69.6 Å². The normalized spacial score (nSPS) is 20.2. The van der Waals surface area contributed by atoms with Crippen LogP contribution in [-0.2, 0) is 23.3 Å². The van der Waals surface area contributed by atoms with Crippen LogP contribution in [0.4, 0.5) is 0 Å². The number of nitrogens with zero attached hydrogens (tertiary/aromatic N) is 1. The highest BCUT2D eigenvalue weighted by Gasteiger charge is 2.28. The van der Waals surface area contributed by atoms with Crippen molar-refractivity contribution in [3.05, 3.63) is 28.8 Å². The van der Waals surface area contributed by atoms with Crippen molar-refractivity contribution >= 4 is 0 Å². The Morgan fingerprint density at radius 1 is 1.17 bits per heavy atom. The van der Waals surface area contributed by atoms with E-state index in [9.17, 15) is 0 Å². The molecule has 1 aromatic carbocycles. The van der Waals surface area contributed by atoms with Crippen molar-refractivity contribution in [2.45, 2.75) is 77.5 Å². The minimum atomic E-state index is 0.143. The van der Waals surface area contributed by atoms with Crippen molar-refractivity contribution in [3.63, 3.8) is 0 Å². The van der Waals surface area contributed by atoms with Gasteiger partial charge in [0, 0.05) is 30.8 Å². The number of hydrogen-bond acceptors (Lipinski definition) is 3. The monoisotopic (exact) mass is 317 g/mol. The smallest absolute Gasteiger partial charge is 0.142 e. The predicted octanol–water partition coefficient (Wildman–Crippen LogP) is 4.62. The summed E-state index contributed by atoms with van der Waals surface area (Å²) in [6.07, 6.45) is 6.77. The first-order valence-electron chi connectivity index (χ1n) is 9.01. The van der Waals surface area contributed by atoms with Gasteiger partial charge in [0.25, 0.3) is 0 Å². The Hall–Kier alpha value is -1.06. The van der Waals surface area contributed by atoms with Crippen LogP contribution in [0, 0.1) is 0 Å². The van der Waals surface area contributed by atoms with E-state index in [-0.39, 0.29) is 5.41 Å². The van der Waals surface area contributed by atoms with Crippen LogP contribution in [0.2, 0.25) is 0 Å². The Labute approximate surface area is 141 Å². The highest BCUT2D eigenvalue weighted by Crippen LogP contribution is 2.37. The highest BCUT2D eigenvalue weighted by atomic mass is 16.5. The fraction of sp³-hybridized carbons (Fsp3) is 0.700. The molecule has 23 heavy (non-hydrogen) atoms. The molecule has 0 N–H and O–H groups in total. The van der Waals surface area contributed by atoms with Crippen LogP contribution in [0.15, 0.2) is 12.1 Å². The summed E-state index contributed by atoms with van der Waals surface area (Å²) < 4.78 is 11.6. The van der Waals surface area contributed by atoms with E-state index in [4.69, 9.17) is 9.47 Å². The van der Waals surface area contributed by atoms with E-state index in [1.165, 1.54) is 48.8 Å². The van der Waals surface area contributed by atoms with E-state index in [2.05, 4.69) is 37.8 Å². The largest absolute Gasteiger partial charge is 0.477 e. The molecule has 0 amide bonds. The predicted molar refractivity (Wildman–Crippen MR) is 93.8 cm³/mol. The molecular weight excluding hydrogens is 286 g/mol. The summed E-state index contributed by atoms with van der Waals surface area (Å²) in [6, 6.07) is 5.31. The first-order valence-corrected chi connectivity index (χ1v) is 9.01. The number of hydrogen-bond donors (Lipinski definition) is 0. The summed E-state index contributed by atoms with van der Waals surface area (Å²) in [7, 11) is 1.76. The summed E-state index contributed by atoms with van der Waals surface area (Å²) in [5.74, 6) is 1.06. The van der Waals surface area contributed by atoms with Gasteiger partial charge in [-0.25, -0.2) is 0 Å². The van der Waals surface area contributed by atoms with Gasteiger partial charge in [-0.05, 0) is 29.9 Å². The van der Waals surface area contributed by atoms with Gasteiger partial charge in [-0.15, -0.1) is 0 Å². The molecule has 0 aromatic heterocycles. The molecule has 1 aliphatic heterocycles. The Balaban J connectivity index is 1.88. The maximum Gasteiger partial charge on any atom is 0.142 e. The molecule has 1 aromatic rings. The third kappa shape index (κ3) is 3.72. The minimum Gasteiger partial charge on any atom is -0.477 e. The van der Waals surface area contributed by atoms with Crippen molar-refractivity contribution in [2.24, 2.45) is 0 Å². The molecule has 0 atom stereocenters. The van der Waals surface area contributed by atoms with Crippen LogP contribution >= 0.6 is 0 Å². The van der Waals surface area contributed by atoms with Crippen molar-refractivity contribution in [1.82, 2.24) is 4.90 Å². The summed E-state index contributed by atoms with van der Waals surface area (Å²) in [5.41, 5.74) is 4.04. The summed E-state index contributed by atoms with van der Waals surface area (Å²) in [4.78, 5) is 2.53. The second kappa shape index (κ2) is 6.82. The molecule has 3 heteroatoms. The summed E-state index contributed by atoms with van der Waals surface area (Å²) in [5, 5.41) is 0. The lowest BCUT2D eigenvalue weighted by Crippen LogP contribution is -2.41. The van der Waals surface area contributed by atoms with Crippen LogP contribution in [0.25, 0.3) is 0 Å². The second-order valence-corrected chi connectivity index (χ2v) is 8.12. The van der Waals surface area contributed by atoms with E-state index >= 15 is 0 Å². The van der Waals surface area contributed by atoms with E-state index < -0.39 is 0 Å². The first kappa shape index (κ1) is 16.8. The van der Waals surface area contributed by atoms with Gasteiger partial charge in [-0.2, -0.15) is 0 Å². The van der Waals surface area contributed by atoms with Gasteiger partial charge in [0.05, 0.1) is 6.61 Å². The van der Waals surface area contributed by atoms with E-state index in [1.807, 2.05) is 0 Å². The molecule has 1 saturated carbocycles. The second-order valence-electron chi connectivity index (χ2n) is 8.12. The average Bonchev–Trinajstić information content (AvgIpc) is 2.54. The molecular formula is C20H31NO2. The number of benzene rings is 1. The molecule has 1 fully saturated rings. The van der Waals surface area contributed by atoms with Crippen LogP contribution in [0.3, 0.4) is 0 Å². The van der Waals surface area contributed by atoms with Crippen molar-refractivity contribution in [3.8, 4) is 5.75 Å². The number of fused-ring (bicyclic) bond motifs is 1. The average molecular weight is 317 g/mol. The van der Waals surface area contributed by atoms with Gasteiger partial charge < -0.3 is 9.47 Å².